The van der Waals surface area contributed by atoms with Crippen molar-refractivity contribution in [2.75, 3.05) is 0 Å². The van der Waals surface area contributed by atoms with Crippen LogP contribution < -0.4 is 5.32 Å². The Labute approximate surface area is 92.3 Å². The van der Waals surface area contributed by atoms with E-state index < -0.39 is 0 Å². The van der Waals surface area contributed by atoms with Crippen LogP contribution in [0.25, 0.3) is 0 Å². The molecule has 0 amide bonds. The smallest absolute Gasteiger partial charge is 0.188 e. The average Bonchev–Trinajstić information content (AvgIpc) is 2.67. The van der Waals surface area contributed by atoms with Crippen molar-refractivity contribution >= 4 is 0 Å². The summed E-state index contributed by atoms with van der Waals surface area (Å²) in [5.41, 5.74) is 0.631. The predicted octanol–water partition coefficient (Wildman–Crippen LogP) is 0.639. The molecular weight excluding hydrogens is 209 g/mol. The number of halogens is 1. The molecule has 1 N–H and O–H groups in total. The quantitative estimate of drug-likeness (QED) is 0.823. The summed E-state index contributed by atoms with van der Waals surface area (Å²) in [6, 6.07) is 6.66. The first-order valence-corrected chi connectivity index (χ1v) is 4.92. The SMILES string of the molecule is Cn1nnc(CNCc2ccccc2F)n1. The summed E-state index contributed by atoms with van der Waals surface area (Å²) in [6.07, 6.45) is 0. The van der Waals surface area contributed by atoms with Gasteiger partial charge < -0.3 is 5.32 Å². The number of hydrogen-bond donors (Lipinski definition) is 1. The molecule has 0 saturated carbocycles. The van der Waals surface area contributed by atoms with Crippen molar-refractivity contribution in [2.45, 2.75) is 13.1 Å². The summed E-state index contributed by atoms with van der Waals surface area (Å²) >= 11 is 0. The van der Waals surface area contributed by atoms with Crippen molar-refractivity contribution in [3.05, 3.63) is 41.5 Å². The van der Waals surface area contributed by atoms with E-state index in [9.17, 15) is 4.39 Å². The highest BCUT2D eigenvalue weighted by Gasteiger charge is 2.02. The summed E-state index contributed by atoms with van der Waals surface area (Å²) in [6.45, 7) is 0.924. The highest BCUT2D eigenvalue weighted by Crippen LogP contribution is 2.05. The number of aryl methyl sites for hydroxylation is 1. The van der Waals surface area contributed by atoms with Crippen LogP contribution in [0.5, 0.6) is 0 Å². The zero-order chi connectivity index (χ0) is 11.4. The molecule has 0 unspecified atom stereocenters. The Kier molecular flexibility index (Phi) is 3.21. The van der Waals surface area contributed by atoms with Gasteiger partial charge >= 0.3 is 0 Å². The Hall–Kier alpha value is -1.82. The van der Waals surface area contributed by atoms with Gasteiger partial charge in [-0.1, -0.05) is 18.2 Å². The Bertz CT molecular complexity index is 468. The third-order valence-corrected chi connectivity index (χ3v) is 2.11. The van der Waals surface area contributed by atoms with E-state index in [1.54, 1.807) is 25.2 Å². The number of rotatable bonds is 4. The first kappa shape index (κ1) is 10.7. The molecule has 2 rings (SSSR count). The van der Waals surface area contributed by atoms with Crippen molar-refractivity contribution in [2.24, 2.45) is 7.05 Å². The summed E-state index contributed by atoms with van der Waals surface area (Å²) in [5.74, 6) is 0.390. The molecule has 1 aromatic carbocycles. The van der Waals surface area contributed by atoms with Gasteiger partial charge in [-0.2, -0.15) is 4.80 Å². The van der Waals surface area contributed by atoms with Gasteiger partial charge in [0.1, 0.15) is 5.82 Å². The van der Waals surface area contributed by atoms with Gasteiger partial charge in [0.15, 0.2) is 5.82 Å². The lowest BCUT2D eigenvalue weighted by Gasteiger charge is -2.02. The lowest BCUT2D eigenvalue weighted by Crippen LogP contribution is -2.14. The fourth-order valence-electron chi connectivity index (χ4n) is 1.34. The lowest BCUT2D eigenvalue weighted by molar-refractivity contribution is 0.580. The second kappa shape index (κ2) is 4.80. The van der Waals surface area contributed by atoms with Gasteiger partial charge in [0.05, 0.1) is 13.6 Å². The molecule has 0 atom stereocenters. The van der Waals surface area contributed by atoms with Crippen LogP contribution in [0.1, 0.15) is 11.4 Å². The first-order valence-electron chi connectivity index (χ1n) is 4.92. The van der Waals surface area contributed by atoms with E-state index in [0.717, 1.165) is 0 Å². The van der Waals surface area contributed by atoms with Crippen molar-refractivity contribution < 1.29 is 4.39 Å². The third kappa shape index (κ3) is 2.60. The fourth-order valence-corrected chi connectivity index (χ4v) is 1.34. The topological polar surface area (TPSA) is 55.6 Å². The molecular formula is C10H12FN5. The summed E-state index contributed by atoms with van der Waals surface area (Å²) in [7, 11) is 1.70. The highest BCUT2D eigenvalue weighted by molar-refractivity contribution is 5.16. The first-order chi connectivity index (χ1) is 7.75. The Morgan fingerprint density at radius 3 is 2.81 bits per heavy atom. The van der Waals surface area contributed by atoms with Crippen molar-refractivity contribution in [1.82, 2.24) is 25.5 Å². The highest BCUT2D eigenvalue weighted by atomic mass is 19.1. The number of benzene rings is 1. The van der Waals surface area contributed by atoms with Crippen LogP contribution in [0.4, 0.5) is 4.39 Å². The van der Waals surface area contributed by atoms with Crippen LogP contribution in [-0.2, 0) is 20.1 Å². The van der Waals surface area contributed by atoms with Gasteiger partial charge in [0, 0.05) is 12.1 Å². The molecule has 0 saturated heterocycles. The number of aromatic nitrogens is 4. The fraction of sp³-hybridized carbons (Fsp3) is 0.300. The van der Waals surface area contributed by atoms with Gasteiger partial charge in [-0.25, -0.2) is 4.39 Å². The van der Waals surface area contributed by atoms with E-state index >= 15 is 0 Å². The second-order valence-corrected chi connectivity index (χ2v) is 3.39. The van der Waals surface area contributed by atoms with E-state index in [1.165, 1.54) is 10.9 Å². The Morgan fingerprint density at radius 1 is 1.31 bits per heavy atom. The number of nitrogens with one attached hydrogen (secondary N) is 1. The second-order valence-electron chi connectivity index (χ2n) is 3.39. The largest absolute Gasteiger partial charge is 0.305 e. The zero-order valence-corrected chi connectivity index (χ0v) is 8.89. The molecule has 0 aliphatic heterocycles. The van der Waals surface area contributed by atoms with E-state index in [0.29, 0.717) is 24.5 Å². The molecule has 0 radical (unpaired) electrons. The van der Waals surface area contributed by atoms with E-state index in [1.807, 2.05) is 0 Å². The van der Waals surface area contributed by atoms with Crippen LogP contribution in [0.2, 0.25) is 0 Å². The minimum absolute atomic E-state index is 0.206. The summed E-state index contributed by atoms with van der Waals surface area (Å²) < 4.78 is 13.2. The molecule has 5 nitrogen and oxygen atoms in total. The number of hydrogen-bond acceptors (Lipinski definition) is 4. The minimum atomic E-state index is -0.206. The normalized spacial score (nSPS) is 10.6. The van der Waals surface area contributed by atoms with Gasteiger partial charge in [-0.15, -0.1) is 10.2 Å². The maximum absolute atomic E-state index is 13.2. The maximum atomic E-state index is 13.2. The van der Waals surface area contributed by atoms with Gasteiger partial charge in [0.25, 0.3) is 0 Å². The van der Waals surface area contributed by atoms with Crippen LogP contribution in [0.3, 0.4) is 0 Å². The lowest BCUT2D eigenvalue weighted by atomic mass is 10.2. The average molecular weight is 221 g/mol. The van der Waals surface area contributed by atoms with Crippen LogP contribution in [0.15, 0.2) is 24.3 Å². The summed E-state index contributed by atoms with van der Waals surface area (Å²) in [5, 5.41) is 14.6. The molecule has 0 fully saturated rings. The predicted molar refractivity (Wildman–Crippen MR) is 55.7 cm³/mol. The Balaban J connectivity index is 1.87. The zero-order valence-electron chi connectivity index (χ0n) is 8.89. The molecule has 1 aromatic heterocycles. The van der Waals surface area contributed by atoms with E-state index in [4.69, 9.17) is 0 Å². The van der Waals surface area contributed by atoms with Crippen LogP contribution in [-0.4, -0.2) is 20.2 Å². The molecule has 6 heteroatoms. The van der Waals surface area contributed by atoms with Gasteiger partial charge in [0.2, 0.25) is 0 Å². The van der Waals surface area contributed by atoms with Crippen LogP contribution in [0, 0.1) is 5.82 Å². The van der Waals surface area contributed by atoms with Crippen LogP contribution >= 0.6 is 0 Å². The van der Waals surface area contributed by atoms with Crippen molar-refractivity contribution in [1.29, 1.82) is 0 Å². The van der Waals surface area contributed by atoms with Gasteiger partial charge in [-0.05, 0) is 11.3 Å². The molecule has 0 aliphatic carbocycles. The third-order valence-electron chi connectivity index (χ3n) is 2.11. The van der Waals surface area contributed by atoms with Crippen molar-refractivity contribution in [3.63, 3.8) is 0 Å². The number of nitrogens with zero attached hydrogens (tertiary/aromatic N) is 4. The monoisotopic (exact) mass is 221 g/mol. The van der Waals surface area contributed by atoms with Crippen molar-refractivity contribution in [3.8, 4) is 0 Å². The molecule has 16 heavy (non-hydrogen) atoms. The van der Waals surface area contributed by atoms with E-state index in [2.05, 4.69) is 20.7 Å². The Morgan fingerprint density at radius 2 is 2.12 bits per heavy atom. The van der Waals surface area contributed by atoms with E-state index in [-0.39, 0.29) is 5.82 Å². The molecule has 0 aliphatic rings. The number of tetrazole rings is 1. The summed E-state index contributed by atoms with van der Waals surface area (Å²) in [4.78, 5) is 1.39. The molecule has 2 aromatic rings. The molecule has 1 heterocycles. The molecule has 84 valence electrons. The van der Waals surface area contributed by atoms with Gasteiger partial charge in [-0.3, -0.25) is 0 Å². The molecule has 0 bridgehead atoms. The maximum Gasteiger partial charge on any atom is 0.188 e. The standard InChI is InChI=1S/C10H12FN5/c1-16-14-10(13-15-16)7-12-6-8-4-2-3-5-9(8)11/h2-5,12H,6-7H2,1H3. The minimum Gasteiger partial charge on any atom is -0.305 e. The molecule has 0 spiro atoms.